The van der Waals surface area contributed by atoms with Gasteiger partial charge < -0.3 is 15.6 Å². The highest BCUT2D eigenvalue weighted by atomic mass is 35.5. The molecule has 1 aromatic carbocycles. The number of carbonyl (C=O) groups is 1. The Bertz CT molecular complexity index is 589. The molecule has 0 aliphatic carbocycles. The number of hydrogen-bond acceptors (Lipinski definition) is 3. The zero-order chi connectivity index (χ0) is 15.8. The minimum absolute atomic E-state index is 0. The molecule has 134 valence electrons. The molecule has 1 aromatic heterocycles. The van der Waals surface area contributed by atoms with Gasteiger partial charge in [0.05, 0.1) is 18.1 Å². The van der Waals surface area contributed by atoms with E-state index in [2.05, 4.69) is 29.4 Å². The van der Waals surface area contributed by atoms with Crippen LogP contribution < -0.4 is 11.1 Å². The first-order valence-electron chi connectivity index (χ1n) is 7.77. The minimum Gasteiger partial charge on any atom is -0.355 e. The van der Waals surface area contributed by atoms with E-state index in [4.69, 9.17) is 5.73 Å². The molecule has 2 rings (SSSR count). The van der Waals surface area contributed by atoms with Crippen LogP contribution in [0.25, 0.3) is 0 Å². The number of hydrogen-bond donors (Lipinski definition) is 2. The van der Waals surface area contributed by atoms with E-state index >= 15 is 0 Å². The molecule has 0 aliphatic rings. The number of benzene rings is 1. The Morgan fingerprint density at radius 2 is 2.00 bits per heavy atom. The smallest absolute Gasteiger partial charge is 0.237 e. The third-order valence-electron chi connectivity index (χ3n) is 3.49. The number of nitrogens with one attached hydrogen (secondary N) is 1. The van der Waals surface area contributed by atoms with Crippen LogP contribution in [0.3, 0.4) is 0 Å². The number of carbonyl (C=O) groups excluding carboxylic acids is 1. The summed E-state index contributed by atoms with van der Waals surface area (Å²) in [5, 5.41) is 2.85. The van der Waals surface area contributed by atoms with Gasteiger partial charge in [-0.25, -0.2) is 4.98 Å². The van der Waals surface area contributed by atoms with Gasteiger partial charge in [-0.3, -0.25) is 4.79 Å². The molecule has 0 aliphatic heterocycles. The molecule has 24 heavy (non-hydrogen) atoms. The molecule has 7 heteroatoms. The summed E-state index contributed by atoms with van der Waals surface area (Å²) in [6.07, 6.45) is 6.22. The SMILES string of the molecule is CCCCNC(=O)[C@@H](N)Cc1cn(Cc2ccccc2)cn1.Cl.Cl. The van der Waals surface area contributed by atoms with Gasteiger partial charge in [-0.15, -0.1) is 24.8 Å². The van der Waals surface area contributed by atoms with Crippen molar-refractivity contribution in [2.45, 2.75) is 38.8 Å². The monoisotopic (exact) mass is 372 g/mol. The van der Waals surface area contributed by atoms with Crippen LogP contribution >= 0.6 is 24.8 Å². The molecule has 2 aromatic rings. The summed E-state index contributed by atoms with van der Waals surface area (Å²) in [5.41, 5.74) is 7.99. The summed E-state index contributed by atoms with van der Waals surface area (Å²) < 4.78 is 2.01. The van der Waals surface area contributed by atoms with E-state index in [1.54, 1.807) is 6.33 Å². The van der Waals surface area contributed by atoms with Gasteiger partial charge in [0.15, 0.2) is 0 Å². The quantitative estimate of drug-likeness (QED) is 0.699. The first-order valence-corrected chi connectivity index (χ1v) is 7.77. The predicted molar refractivity (Wildman–Crippen MR) is 102 cm³/mol. The number of nitrogens with zero attached hydrogens (tertiary/aromatic N) is 2. The molecular formula is C17H26Cl2N4O. The van der Waals surface area contributed by atoms with Crippen LogP contribution in [-0.2, 0) is 17.8 Å². The highest BCUT2D eigenvalue weighted by molar-refractivity contribution is 5.85. The Hall–Kier alpha value is -1.56. The van der Waals surface area contributed by atoms with Gasteiger partial charge in [0, 0.05) is 25.7 Å². The summed E-state index contributed by atoms with van der Waals surface area (Å²) in [7, 11) is 0. The van der Waals surface area contributed by atoms with Crippen molar-refractivity contribution in [1.29, 1.82) is 0 Å². The summed E-state index contributed by atoms with van der Waals surface area (Å²) in [5.74, 6) is -0.106. The van der Waals surface area contributed by atoms with Crippen molar-refractivity contribution in [1.82, 2.24) is 14.9 Å². The third kappa shape index (κ3) is 7.34. The van der Waals surface area contributed by atoms with Crippen molar-refractivity contribution in [2.75, 3.05) is 6.54 Å². The van der Waals surface area contributed by atoms with E-state index in [-0.39, 0.29) is 30.7 Å². The number of imidazole rings is 1. The summed E-state index contributed by atoms with van der Waals surface area (Å²) in [4.78, 5) is 16.2. The van der Waals surface area contributed by atoms with E-state index in [1.165, 1.54) is 5.56 Å². The zero-order valence-electron chi connectivity index (χ0n) is 13.9. The molecule has 0 bridgehead atoms. The fourth-order valence-electron chi connectivity index (χ4n) is 2.23. The largest absolute Gasteiger partial charge is 0.355 e. The fourth-order valence-corrected chi connectivity index (χ4v) is 2.23. The number of amides is 1. The average Bonchev–Trinajstić information content (AvgIpc) is 2.95. The Morgan fingerprint density at radius 1 is 1.29 bits per heavy atom. The number of halogens is 2. The number of nitrogens with two attached hydrogens (primary N) is 1. The number of unbranched alkanes of at least 4 members (excludes halogenated alkanes) is 1. The Kier molecular flexibility index (Phi) is 11.1. The first kappa shape index (κ1) is 22.4. The van der Waals surface area contributed by atoms with Crippen molar-refractivity contribution >= 4 is 30.7 Å². The third-order valence-corrected chi connectivity index (χ3v) is 3.49. The van der Waals surface area contributed by atoms with Crippen LogP contribution in [0, 0.1) is 0 Å². The molecule has 0 saturated carbocycles. The number of rotatable bonds is 8. The van der Waals surface area contributed by atoms with Crippen molar-refractivity contribution < 1.29 is 4.79 Å². The molecule has 0 fully saturated rings. The van der Waals surface area contributed by atoms with Gasteiger partial charge in [-0.1, -0.05) is 43.7 Å². The molecular weight excluding hydrogens is 347 g/mol. The minimum atomic E-state index is -0.545. The van der Waals surface area contributed by atoms with Crippen LogP contribution in [0.2, 0.25) is 0 Å². The highest BCUT2D eigenvalue weighted by Gasteiger charge is 2.14. The number of aromatic nitrogens is 2. The van der Waals surface area contributed by atoms with Gasteiger partial charge in [0.25, 0.3) is 0 Å². The second-order valence-electron chi connectivity index (χ2n) is 5.48. The lowest BCUT2D eigenvalue weighted by Gasteiger charge is -2.10. The van der Waals surface area contributed by atoms with E-state index < -0.39 is 6.04 Å². The fraction of sp³-hybridized carbons (Fsp3) is 0.412. The molecule has 0 radical (unpaired) electrons. The van der Waals surface area contributed by atoms with Crippen LogP contribution in [0.4, 0.5) is 0 Å². The lowest BCUT2D eigenvalue weighted by atomic mass is 10.1. The normalized spacial score (nSPS) is 11.1. The lowest BCUT2D eigenvalue weighted by molar-refractivity contribution is -0.122. The van der Waals surface area contributed by atoms with E-state index in [0.717, 1.165) is 25.1 Å². The van der Waals surface area contributed by atoms with Crippen LogP contribution in [-0.4, -0.2) is 28.0 Å². The van der Waals surface area contributed by atoms with Gasteiger partial charge in [-0.2, -0.15) is 0 Å². The maximum atomic E-state index is 11.8. The Balaban J connectivity index is 0.00000264. The lowest BCUT2D eigenvalue weighted by Crippen LogP contribution is -2.42. The second kappa shape index (κ2) is 11.9. The molecule has 1 atom stereocenters. The standard InChI is InChI=1S/C17H24N4O.2ClH/c1-2-3-9-19-17(22)16(18)10-15-12-21(13-20-15)11-14-7-5-4-6-8-14;;/h4-8,12-13,16H,2-3,9-11,18H2,1H3,(H,19,22);2*1H/t16-;;/m0../s1. The van der Waals surface area contributed by atoms with Crippen molar-refractivity contribution in [3.63, 3.8) is 0 Å². The molecule has 0 saturated heterocycles. The van der Waals surface area contributed by atoms with E-state index in [1.807, 2.05) is 29.0 Å². The topological polar surface area (TPSA) is 72.9 Å². The van der Waals surface area contributed by atoms with Crippen molar-refractivity contribution in [3.8, 4) is 0 Å². The van der Waals surface area contributed by atoms with Crippen molar-refractivity contribution in [3.05, 3.63) is 54.1 Å². The van der Waals surface area contributed by atoms with Crippen LogP contribution in [0.1, 0.15) is 31.0 Å². The van der Waals surface area contributed by atoms with E-state index in [9.17, 15) is 4.79 Å². The van der Waals surface area contributed by atoms with Crippen LogP contribution in [0.15, 0.2) is 42.9 Å². The molecule has 1 amide bonds. The maximum Gasteiger partial charge on any atom is 0.237 e. The molecule has 0 unspecified atom stereocenters. The summed E-state index contributed by atoms with van der Waals surface area (Å²) in [6.45, 7) is 3.54. The molecule has 0 spiro atoms. The second-order valence-corrected chi connectivity index (χ2v) is 5.48. The van der Waals surface area contributed by atoms with Crippen molar-refractivity contribution in [2.24, 2.45) is 5.73 Å². The molecule has 3 N–H and O–H groups in total. The molecule has 1 heterocycles. The van der Waals surface area contributed by atoms with Gasteiger partial charge in [0.1, 0.15) is 0 Å². The van der Waals surface area contributed by atoms with Gasteiger partial charge in [-0.05, 0) is 12.0 Å². The Labute approximate surface area is 155 Å². The van der Waals surface area contributed by atoms with E-state index in [0.29, 0.717) is 13.0 Å². The average molecular weight is 373 g/mol. The zero-order valence-corrected chi connectivity index (χ0v) is 15.5. The van der Waals surface area contributed by atoms with Gasteiger partial charge >= 0.3 is 0 Å². The predicted octanol–water partition coefficient (Wildman–Crippen LogP) is 2.56. The maximum absolute atomic E-state index is 11.8. The summed E-state index contributed by atoms with van der Waals surface area (Å²) in [6, 6.07) is 9.64. The van der Waals surface area contributed by atoms with Crippen LogP contribution in [0.5, 0.6) is 0 Å². The Morgan fingerprint density at radius 3 is 2.67 bits per heavy atom. The molecule has 5 nitrogen and oxygen atoms in total. The van der Waals surface area contributed by atoms with Gasteiger partial charge in [0.2, 0.25) is 5.91 Å². The summed E-state index contributed by atoms with van der Waals surface area (Å²) >= 11 is 0. The highest BCUT2D eigenvalue weighted by Crippen LogP contribution is 2.05. The first-order chi connectivity index (χ1) is 10.7.